The van der Waals surface area contributed by atoms with Crippen LogP contribution in [0.5, 0.6) is 17.2 Å². The first-order valence-electron chi connectivity index (χ1n) is 11.0. The van der Waals surface area contributed by atoms with Gasteiger partial charge in [-0.15, -0.1) is 0 Å². The molecule has 0 aliphatic carbocycles. The van der Waals surface area contributed by atoms with E-state index in [9.17, 15) is 9.59 Å². The Morgan fingerprint density at radius 2 is 1.71 bits per heavy atom. The van der Waals surface area contributed by atoms with E-state index in [-0.39, 0.29) is 16.9 Å². The van der Waals surface area contributed by atoms with E-state index in [0.29, 0.717) is 45.2 Å². The lowest BCUT2D eigenvalue weighted by molar-refractivity contribution is -0.122. The van der Waals surface area contributed by atoms with Gasteiger partial charge in [-0.25, -0.2) is 0 Å². The molecule has 0 spiro atoms. The molecule has 1 atom stereocenters. The zero-order chi connectivity index (χ0) is 24.9. The fourth-order valence-electron chi connectivity index (χ4n) is 3.64. The van der Waals surface area contributed by atoms with Gasteiger partial charge in [-0.1, -0.05) is 42.8 Å². The number of halogens is 1. The van der Waals surface area contributed by atoms with Gasteiger partial charge in [0.25, 0.3) is 5.91 Å². The Balaban J connectivity index is 1.80. The normalized spacial score (nSPS) is 11.7. The Morgan fingerprint density at radius 1 is 1.00 bits per heavy atom. The van der Waals surface area contributed by atoms with Crippen LogP contribution in [0.2, 0.25) is 5.02 Å². The molecule has 0 aliphatic heterocycles. The maximum Gasteiger partial charge on any atom is 0.265 e. The van der Waals surface area contributed by atoms with E-state index in [4.69, 9.17) is 30.2 Å². The van der Waals surface area contributed by atoms with Gasteiger partial charge >= 0.3 is 0 Å². The van der Waals surface area contributed by atoms with Crippen LogP contribution >= 0.6 is 11.6 Å². The van der Waals surface area contributed by atoms with Crippen molar-refractivity contribution in [1.29, 1.82) is 0 Å². The molecule has 1 N–H and O–H groups in total. The van der Waals surface area contributed by atoms with Crippen molar-refractivity contribution in [3.8, 4) is 28.6 Å². The van der Waals surface area contributed by atoms with Crippen molar-refractivity contribution >= 4 is 34.2 Å². The summed E-state index contributed by atoms with van der Waals surface area (Å²) in [6.45, 7) is 1.79. The molecule has 1 heterocycles. The zero-order valence-electron chi connectivity index (χ0n) is 19.5. The van der Waals surface area contributed by atoms with Gasteiger partial charge in [0.2, 0.25) is 11.2 Å². The molecule has 3 aromatic carbocycles. The number of anilines is 1. The summed E-state index contributed by atoms with van der Waals surface area (Å²) in [5.41, 5.74) is 0.984. The van der Waals surface area contributed by atoms with Crippen LogP contribution in [-0.2, 0) is 4.79 Å². The average molecular weight is 494 g/mol. The molecule has 0 saturated carbocycles. The average Bonchev–Trinajstić information content (AvgIpc) is 2.89. The minimum Gasteiger partial charge on any atom is -0.493 e. The minimum atomic E-state index is -0.978. The van der Waals surface area contributed by atoms with Crippen LogP contribution in [0.1, 0.15) is 13.3 Å². The number of para-hydroxylation sites is 2. The number of amides is 1. The smallest absolute Gasteiger partial charge is 0.265 e. The van der Waals surface area contributed by atoms with E-state index in [1.54, 1.807) is 73.7 Å². The van der Waals surface area contributed by atoms with E-state index in [1.165, 1.54) is 14.2 Å². The van der Waals surface area contributed by atoms with E-state index < -0.39 is 12.0 Å². The third kappa shape index (κ3) is 4.95. The summed E-state index contributed by atoms with van der Waals surface area (Å²) in [5, 5.41) is 3.50. The topological polar surface area (TPSA) is 87.0 Å². The third-order valence-corrected chi connectivity index (χ3v) is 5.79. The van der Waals surface area contributed by atoms with Crippen LogP contribution in [0, 0.1) is 0 Å². The highest BCUT2D eigenvalue weighted by molar-refractivity contribution is 6.33. The molecule has 35 heavy (non-hydrogen) atoms. The molecule has 8 heteroatoms. The first-order chi connectivity index (χ1) is 17.0. The Bertz CT molecular complexity index is 1430. The lowest BCUT2D eigenvalue weighted by Crippen LogP contribution is -2.34. The van der Waals surface area contributed by atoms with E-state index in [2.05, 4.69) is 5.32 Å². The van der Waals surface area contributed by atoms with Crippen molar-refractivity contribution in [2.24, 2.45) is 0 Å². The lowest BCUT2D eigenvalue weighted by atomic mass is 10.1. The number of fused-ring (bicyclic) bond motifs is 1. The minimum absolute atomic E-state index is 0.0721. The maximum absolute atomic E-state index is 13.5. The van der Waals surface area contributed by atoms with Crippen LogP contribution in [0.15, 0.2) is 75.9 Å². The lowest BCUT2D eigenvalue weighted by Gasteiger charge is -2.19. The summed E-state index contributed by atoms with van der Waals surface area (Å²) in [6.07, 6.45) is -0.678. The monoisotopic (exact) mass is 493 g/mol. The molecule has 0 fully saturated rings. The van der Waals surface area contributed by atoms with Crippen molar-refractivity contribution in [1.82, 2.24) is 0 Å². The number of methoxy groups -OCH3 is 2. The standard InChI is InChI=1S/C27H24ClNO6/c1-4-20(27(31)29-19-11-7-6-10-18(19)28)34-26-24(30)17-9-5-8-12-21(17)35-25(26)16-13-14-22(32-2)23(15-16)33-3/h5-15,20H,4H2,1-3H3,(H,29,31). The van der Waals surface area contributed by atoms with Gasteiger partial charge < -0.3 is 23.9 Å². The predicted molar refractivity (Wildman–Crippen MR) is 136 cm³/mol. The van der Waals surface area contributed by atoms with Gasteiger partial charge in [0.1, 0.15) is 5.58 Å². The number of benzene rings is 3. The van der Waals surface area contributed by atoms with E-state index >= 15 is 0 Å². The van der Waals surface area contributed by atoms with E-state index in [1.807, 2.05) is 0 Å². The van der Waals surface area contributed by atoms with Gasteiger partial charge in [0.15, 0.2) is 23.4 Å². The highest BCUT2D eigenvalue weighted by Crippen LogP contribution is 2.37. The highest BCUT2D eigenvalue weighted by atomic mass is 35.5. The SMILES string of the molecule is CCC(Oc1c(-c2ccc(OC)c(OC)c2)oc2ccccc2c1=O)C(=O)Nc1ccccc1Cl. The molecule has 4 rings (SSSR count). The zero-order valence-corrected chi connectivity index (χ0v) is 20.2. The van der Waals surface area contributed by atoms with Crippen molar-refractivity contribution in [2.45, 2.75) is 19.4 Å². The van der Waals surface area contributed by atoms with Crippen molar-refractivity contribution < 1.29 is 23.4 Å². The van der Waals surface area contributed by atoms with Crippen LogP contribution in [0.4, 0.5) is 5.69 Å². The number of carbonyl (C=O) groups is 1. The van der Waals surface area contributed by atoms with Gasteiger partial charge in [-0.2, -0.15) is 0 Å². The molecule has 1 amide bonds. The molecule has 0 radical (unpaired) electrons. The second kappa shape index (κ2) is 10.5. The second-order valence-corrected chi connectivity index (χ2v) is 8.05. The number of carbonyl (C=O) groups excluding carboxylic acids is 1. The number of hydrogen-bond acceptors (Lipinski definition) is 6. The van der Waals surface area contributed by atoms with Crippen molar-refractivity contribution in [3.63, 3.8) is 0 Å². The molecule has 180 valence electrons. The van der Waals surface area contributed by atoms with Crippen LogP contribution < -0.4 is 25.0 Å². The number of ether oxygens (including phenoxy) is 3. The molecule has 7 nitrogen and oxygen atoms in total. The fourth-order valence-corrected chi connectivity index (χ4v) is 3.82. The highest BCUT2D eigenvalue weighted by Gasteiger charge is 2.26. The number of rotatable bonds is 8. The Hall–Kier alpha value is -3.97. The molecule has 0 saturated heterocycles. The van der Waals surface area contributed by atoms with E-state index in [0.717, 1.165) is 0 Å². The molecular formula is C27H24ClNO6. The Labute approximate surface area is 207 Å². The summed E-state index contributed by atoms with van der Waals surface area (Å²) >= 11 is 6.18. The van der Waals surface area contributed by atoms with Crippen LogP contribution in [0.3, 0.4) is 0 Å². The quantitative estimate of drug-likeness (QED) is 0.327. The molecule has 0 aliphatic rings. The number of hydrogen-bond donors (Lipinski definition) is 1. The first kappa shape index (κ1) is 24.2. The molecule has 1 unspecified atom stereocenters. The maximum atomic E-state index is 13.5. The molecule has 4 aromatic rings. The summed E-state index contributed by atoms with van der Waals surface area (Å²) in [7, 11) is 3.05. The van der Waals surface area contributed by atoms with Gasteiger partial charge in [0, 0.05) is 5.56 Å². The number of nitrogens with one attached hydrogen (secondary N) is 1. The van der Waals surface area contributed by atoms with Gasteiger partial charge in [0.05, 0.1) is 30.3 Å². The van der Waals surface area contributed by atoms with Gasteiger partial charge in [-0.3, -0.25) is 9.59 Å². The summed E-state index contributed by atoms with van der Waals surface area (Å²) in [5.74, 6) is 0.643. The Kier molecular flexibility index (Phi) is 7.27. The summed E-state index contributed by atoms with van der Waals surface area (Å²) in [6, 6.07) is 18.9. The summed E-state index contributed by atoms with van der Waals surface area (Å²) in [4.78, 5) is 26.5. The van der Waals surface area contributed by atoms with Crippen molar-refractivity contribution in [2.75, 3.05) is 19.5 Å². The first-order valence-corrected chi connectivity index (χ1v) is 11.3. The Morgan fingerprint density at radius 3 is 2.43 bits per heavy atom. The predicted octanol–water partition coefficient (Wildman–Crippen LogP) is 5.93. The third-order valence-electron chi connectivity index (χ3n) is 5.46. The van der Waals surface area contributed by atoms with Crippen LogP contribution in [-0.4, -0.2) is 26.2 Å². The summed E-state index contributed by atoms with van der Waals surface area (Å²) < 4.78 is 22.9. The van der Waals surface area contributed by atoms with Crippen molar-refractivity contribution in [3.05, 3.63) is 82.0 Å². The van der Waals surface area contributed by atoms with Gasteiger partial charge in [-0.05, 0) is 48.9 Å². The largest absolute Gasteiger partial charge is 0.493 e. The second-order valence-electron chi connectivity index (χ2n) is 7.64. The fraction of sp³-hybridized carbons (Fsp3) is 0.185. The molecule has 1 aromatic heterocycles. The van der Waals surface area contributed by atoms with Crippen LogP contribution in [0.25, 0.3) is 22.3 Å². The molecular weight excluding hydrogens is 470 g/mol. The molecule has 0 bridgehead atoms.